The molecule has 0 bridgehead atoms. The Hall–Kier alpha value is -0.750. The van der Waals surface area contributed by atoms with Gasteiger partial charge in [-0.2, -0.15) is 12.6 Å². The molecule has 2 N–H and O–H groups in total. The van der Waals surface area contributed by atoms with E-state index >= 15 is 0 Å². The van der Waals surface area contributed by atoms with Gasteiger partial charge in [-0.3, -0.25) is 4.79 Å². The van der Waals surface area contributed by atoms with Crippen molar-refractivity contribution in [3.63, 3.8) is 0 Å². The largest absolute Gasteiger partial charge is 0.467 e. The second-order valence-corrected chi connectivity index (χ2v) is 3.78. The van der Waals surface area contributed by atoms with E-state index in [-0.39, 0.29) is 17.7 Å². The standard InChI is InChI=1S/C9H16N2O3S/c1-14-9(13)7(5-15)11-8(12)6-3-2-4-10-6/h6-7,10,15H,2-5H2,1H3,(H,11,12)/t6-,7-/m0/s1. The van der Waals surface area contributed by atoms with E-state index < -0.39 is 12.0 Å². The Balaban J connectivity index is 2.43. The van der Waals surface area contributed by atoms with Crippen LogP contribution in [-0.2, 0) is 14.3 Å². The van der Waals surface area contributed by atoms with Gasteiger partial charge in [-0.05, 0) is 19.4 Å². The molecule has 1 rings (SSSR count). The van der Waals surface area contributed by atoms with Crippen LogP contribution < -0.4 is 10.6 Å². The van der Waals surface area contributed by atoms with Crippen LogP contribution in [0, 0.1) is 0 Å². The maximum atomic E-state index is 11.6. The number of methoxy groups -OCH3 is 1. The monoisotopic (exact) mass is 232 g/mol. The summed E-state index contributed by atoms with van der Waals surface area (Å²) in [6, 6.07) is -0.842. The summed E-state index contributed by atoms with van der Waals surface area (Å²) in [5, 5.41) is 5.66. The second kappa shape index (κ2) is 5.97. The first kappa shape index (κ1) is 12.3. The summed E-state index contributed by atoms with van der Waals surface area (Å²) in [7, 11) is 1.29. The molecule has 1 fully saturated rings. The summed E-state index contributed by atoms with van der Waals surface area (Å²) in [6.07, 6.45) is 1.80. The Morgan fingerprint density at radius 3 is 2.87 bits per heavy atom. The van der Waals surface area contributed by atoms with Crippen LogP contribution in [0.4, 0.5) is 0 Å². The lowest BCUT2D eigenvalue weighted by molar-refractivity contribution is -0.144. The minimum absolute atomic E-state index is 0.156. The second-order valence-electron chi connectivity index (χ2n) is 3.42. The SMILES string of the molecule is COC(=O)[C@H](CS)NC(=O)[C@@H]1CCCN1. The van der Waals surface area contributed by atoms with E-state index in [2.05, 4.69) is 28.0 Å². The molecule has 1 aliphatic rings. The highest BCUT2D eigenvalue weighted by Crippen LogP contribution is 2.05. The zero-order chi connectivity index (χ0) is 11.3. The van der Waals surface area contributed by atoms with Gasteiger partial charge in [0.05, 0.1) is 13.2 Å². The van der Waals surface area contributed by atoms with Gasteiger partial charge in [0.1, 0.15) is 6.04 Å². The summed E-state index contributed by atoms with van der Waals surface area (Å²) in [5.74, 6) is -0.376. The topological polar surface area (TPSA) is 67.4 Å². The van der Waals surface area contributed by atoms with Crippen molar-refractivity contribution >= 4 is 24.5 Å². The minimum Gasteiger partial charge on any atom is -0.467 e. The van der Waals surface area contributed by atoms with Crippen LogP contribution >= 0.6 is 12.6 Å². The maximum Gasteiger partial charge on any atom is 0.329 e. The molecule has 1 saturated heterocycles. The van der Waals surface area contributed by atoms with Crippen molar-refractivity contribution in [2.45, 2.75) is 24.9 Å². The fourth-order valence-corrected chi connectivity index (χ4v) is 1.74. The third-order valence-corrected chi connectivity index (χ3v) is 2.73. The molecule has 0 aromatic carbocycles. The van der Waals surface area contributed by atoms with Gasteiger partial charge < -0.3 is 15.4 Å². The van der Waals surface area contributed by atoms with Crippen LogP contribution in [0.2, 0.25) is 0 Å². The summed E-state index contributed by atoms with van der Waals surface area (Å²) in [6.45, 7) is 0.849. The van der Waals surface area contributed by atoms with Gasteiger partial charge in [0.25, 0.3) is 0 Å². The lowest BCUT2D eigenvalue weighted by Crippen LogP contribution is -2.49. The number of carbonyl (C=O) groups is 2. The molecular formula is C9H16N2O3S. The average Bonchev–Trinajstić information content (AvgIpc) is 2.77. The molecule has 1 amide bonds. The highest BCUT2D eigenvalue weighted by molar-refractivity contribution is 7.80. The van der Waals surface area contributed by atoms with E-state index in [1.54, 1.807) is 0 Å². The molecule has 6 heteroatoms. The first-order chi connectivity index (χ1) is 7.19. The molecule has 86 valence electrons. The Labute approximate surface area is 94.3 Å². The smallest absolute Gasteiger partial charge is 0.329 e. The summed E-state index contributed by atoms with van der Waals surface area (Å²) >= 11 is 3.99. The number of esters is 1. The number of ether oxygens (including phenoxy) is 1. The fraction of sp³-hybridized carbons (Fsp3) is 0.778. The van der Waals surface area contributed by atoms with E-state index in [9.17, 15) is 9.59 Å². The van der Waals surface area contributed by atoms with Crippen molar-refractivity contribution in [3.05, 3.63) is 0 Å². The summed E-state index contributed by atoms with van der Waals surface area (Å²) in [4.78, 5) is 22.8. The van der Waals surface area contributed by atoms with Gasteiger partial charge in [0.15, 0.2) is 0 Å². The first-order valence-corrected chi connectivity index (χ1v) is 5.54. The molecule has 0 unspecified atom stereocenters. The molecule has 0 aliphatic carbocycles. The van der Waals surface area contributed by atoms with E-state index in [0.717, 1.165) is 19.4 Å². The van der Waals surface area contributed by atoms with E-state index in [4.69, 9.17) is 0 Å². The molecule has 0 radical (unpaired) electrons. The van der Waals surface area contributed by atoms with Gasteiger partial charge in [0, 0.05) is 5.75 Å². The van der Waals surface area contributed by atoms with Crippen LogP contribution in [-0.4, -0.2) is 43.4 Å². The number of hydrogen-bond donors (Lipinski definition) is 3. The van der Waals surface area contributed by atoms with E-state index in [1.165, 1.54) is 7.11 Å². The van der Waals surface area contributed by atoms with Crippen LogP contribution in [0.5, 0.6) is 0 Å². The maximum absolute atomic E-state index is 11.6. The molecule has 5 nitrogen and oxygen atoms in total. The fourth-order valence-electron chi connectivity index (χ4n) is 1.50. The van der Waals surface area contributed by atoms with Crippen molar-refractivity contribution in [2.24, 2.45) is 0 Å². The highest BCUT2D eigenvalue weighted by atomic mass is 32.1. The third kappa shape index (κ3) is 3.39. The quantitative estimate of drug-likeness (QED) is 0.444. The van der Waals surface area contributed by atoms with Crippen LogP contribution in [0.3, 0.4) is 0 Å². The Morgan fingerprint density at radius 1 is 1.67 bits per heavy atom. The predicted molar refractivity (Wildman–Crippen MR) is 58.8 cm³/mol. The van der Waals surface area contributed by atoms with Crippen molar-refractivity contribution in [1.29, 1.82) is 0 Å². The van der Waals surface area contributed by atoms with Gasteiger partial charge in [-0.25, -0.2) is 4.79 Å². The molecular weight excluding hydrogens is 216 g/mol. The lowest BCUT2D eigenvalue weighted by Gasteiger charge is -2.17. The average molecular weight is 232 g/mol. The predicted octanol–water partition coefficient (Wildman–Crippen LogP) is -0.674. The summed E-state index contributed by atoms with van der Waals surface area (Å²) in [5.41, 5.74) is 0. The van der Waals surface area contributed by atoms with E-state index in [1.807, 2.05) is 0 Å². The molecule has 0 saturated carbocycles. The summed E-state index contributed by atoms with van der Waals surface area (Å²) < 4.78 is 4.54. The Bertz CT molecular complexity index is 242. The molecule has 0 spiro atoms. The number of rotatable bonds is 4. The molecule has 0 aromatic heterocycles. The number of thiol groups is 1. The number of carbonyl (C=O) groups excluding carboxylic acids is 2. The first-order valence-electron chi connectivity index (χ1n) is 4.91. The van der Waals surface area contributed by atoms with Crippen molar-refractivity contribution in [3.8, 4) is 0 Å². The molecule has 0 aromatic rings. The third-order valence-electron chi connectivity index (χ3n) is 2.36. The van der Waals surface area contributed by atoms with Crippen molar-refractivity contribution in [2.75, 3.05) is 19.4 Å². The van der Waals surface area contributed by atoms with E-state index in [0.29, 0.717) is 0 Å². The van der Waals surface area contributed by atoms with Crippen LogP contribution in [0.15, 0.2) is 0 Å². The Morgan fingerprint density at radius 2 is 2.40 bits per heavy atom. The van der Waals surface area contributed by atoms with Crippen LogP contribution in [0.25, 0.3) is 0 Å². The zero-order valence-electron chi connectivity index (χ0n) is 8.66. The molecule has 1 heterocycles. The Kier molecular flexibility index (Phi) is 4.90. The zero-order valence-corrected chi connectivity index (χ0v) is 9.55. The van der Waals surface area contributed by atoms with Crippen molar-refractivity contribution in [1.82, 2.24) is 10.6 Å². The number of amides is 1. The van der Waals surface area contributed by atoms with Crippen LogP contribution in [0.1, 0.15) is 12.8 Å². The van der Waals surface area contributed by atoms with Gasteiger partial charge >= 0.3 is 5.97 Å². The molecule has 2 atom stereocenters. The van der Waals surface area contributed by atoms with Gasteiger partial charge in [-0.1, -0.05) is 0 Å². The minimum atomic E-state index is -0.659. The molecule has 1 aliphatic heterocycles. The van der Waals surface area contributed by atoms with Gasteiger partial charge in [0.2, 0.25) is 5.91 Å². The van der Waals surface area contributed by atoms with Crippen molar-refractivity contribution < 1.29 is 14.3 Å². The normalized spacial score (nSPS) is 22.1. The number of nitrogens with one attached hydrogen (secondary N) is 2. The van der Waals surface area contributed by atoms with Gasteiger partial charge in [-0.15, -0.1) is 0 Å². The lowest BCUT2D eigenvalue weighted by atomic mass is 10.2. The molecule has 15 heavy (non-hydrogen) atoms. The number of hydrogen-bond acceptors (Lipinski definition) is 5. The highest BCUT2D eigenvalue weighted by Gasteiger charge is 2.26.